The number of carbonyl (C=O) groups is 1. The molecule has 0 radical (unpaired) electrons. The maximum Gasteiger partial charge on any atom is 0.223 e. The molecular weight excluding hydrogens is 324 g/mol. The summed E-state index contributed by atoms with van der Waals surface area (Å²) in [6, 6.07) is 16.6. The average molecular weight is 342 g/mol. The number of nitrogens with zero attached hydrogens (tertiary/aromatic N) is 3. The van der Waals surface area contributed by atoms with Crippen molar-refractivity contribution in [2.24, 2.45) is 0 Å². The van der Waals surface area contributed by atoms with Gasteiger partial charge in [0.1, 0.15) is 0 Å². The summed E-state index contributed by atoms with van der Waals surface area (Å²) in [6.45, 7) is 11.1. The molecule has 0 unspecified atom stereocenters. The van der Waals surface area contributed by atoms with Gasteiger partial charge in [0.25, 0.3) is 0 Å². The Morgan fingerprint density at radius 1 is 1.00 bits per heavy atom. The van der Waals surface area contributed by atoms with Crippen molar-refractivity contribution in [2.75, 3.05) is 5.32 Å². The van der Waals surface area contributed by atoms with Crippen molar-refractivity contribution >= 4 is 17.4 Å². The molecule has 5 heteroatoms. The lowest BCUT2D eigenvalue weighted by atomic mass is 9.95. The molecule has 0 aliphatic rings. The molecule has 128 valence electrons. The first-order valence-electron chi connectivity index (χ1n) is 8.17. The molecule has 1 N–H and O–H groups in total. The number of rotatable bonds is 5. The van der Waals surface area contributed by atoms with Gasteiger partial charge in [0, 0.05) is 18.0 Å². The van der Waals surface area contributed by atoms with E-state index in [1.807, 2.05) is 44.2 Å². The lowest BCUT2D eigenvalue weighted by Crippen LogP contribution is -2.29. The number of nitrogens with one attached hydrogen (secondary N) is 1. The Kier molecular flexibility index (Phi) is 4.76. The van der Waals surface area contributed by atoms with E-state index in [0.29, 0.717) is 22.8 Å². The minimum Gasteiger partial charge on any atom is -0.345 e. The number of anilines is 1. The van der Waals surface area contributed by atoms with Crippen LogP contribution in [0.3, 0.4) is 0 Å². The molecule has 2 aromatic carbocycles. The Morgan fingerprint density at radius 2 is 1.69 bits per heavy atom. The van der Waals surface area contributed by atoms with Crippen LogP contribution in [0.5, 0.6) is 0 Å². The van der Waals surface area contributed by atoms with Crippen LogP contribution in [0.2, 0.25) is 0 Å². The maximum atomic E-state index is 12.5. The Hall–Kier alpha value is -3.52. The summed E-state index contributed by atoms with van der Waals surface area (Å²) >= 11 is 0. The van der Waals surface area contributed by atoms with E-state index in [4.69, 9.17) is 6.57 Å². The number of ketones is 1. The molecule has 0 saturated carbocycles. The summed E-state index contributed by atoms with van der Waals surface area (Å²) < 4.78 is 0. The van der Waals surface area contributed by atoms with Crippen molar-refractivity contribution in [3.63, 3.8) is 0 Å². The Balaban J connectivity index is 1.78. The lowest BCUT2D eigenvalue weighted by Gasteiger charge is -2.26. The standard InChI is InChI=1S/C21H18N4O/c1-21(2,17-9-5-4-6-10-17)25-20-23-13-16(14-24-20)19(26)15-8-7-11-18(12-15)22-3/h4-14H,1-2H3,(H,23,24,25). The molecule has 0 spiro atoms. The molecule has 0 atom stereocenters. The third-order valence-electron chi connectivity index (χ3n) is 4.07. The van der Waals surface area contributed by atoms with E-state index in [-0.39, 0.29) is 11.3 Å². The van der Waals surface area contributed by atoms with Crippen LogP contribution in [0.15, 0.2) is 67.0 Å². The van der Waals surface area contributed by atoms with E-state index in [2.05, 4.69) is 20.1 Å². The molecule has 1 heterocycles. The van der Waals surface area contributed by atoms with Gasteiger partial charge in [0.15, 0.2) is 11.5 Å². The van der Waals surface area contributed by atoms with Crippen molar-refractivity contribution in [2.45, 2.75) is 19.4 Å². The molecule has 0 aliphatic carbocycles. The second-order valence-electron chi connectivity index (χ2n) is 6.40. The molecule has 3 rings (SSSR count). The van der Waals surface area contributed by atoms with Gasteiger partial charge in [-0.15, -0.1) is 0 Å². The third kappa shape index (κ3) is 3.76. The van der Waals surface area contributed by atoms with Gasteiger partial charge >= 0.3 is 0 Å². The maximum absolute atomic E-state index is 12.5. The number of benzene rings is 2. The quantitative estimate of drug-likeness (QED) is 0.543. The first kappa shape index (κ1) is 17.3. The predicted octanol–water partition coefficient (Wildman–Crippen LogP) is 4.61. The van der Waals surface area contributed by atoms with E-state index >= 15 is 0 Å². The molecule has 0 fully saturated rings. The Bertz CT molecular complexity index is 957. The van der Waals surface area contributed by atoms with Crippen LogP contribution in [0, 0.1) is 6.57 Å². The lowest BCUT2D eigenvalue weighted by molar-refractivity contribution is 0.103. The fourth-order valence-corrected chi connectivity index (χ4v) is 2.60. The predicted molar refractivity (Wildman–Crippen MR) is 101 cm³/mol. The van der Waals surface area contributed by atoms with Crippen molar-refractivity contribution in [1.82, 2.24) is 9.97 Å². The first-order chi connectivity index (χ1) is 12.5. The zero-order valence-corrected chi connectivity index (χ0v) is 14.6. The molecule has 1 aromatic heterocycles. The fourth-order valence-electron chi connectivity index (χ4n) is 2.60. The van der Waals surface area contributed by atoms with Crippen molar-refractivity contribution < 1.29 is 4.79 Å². The van der Waals surface area contributed by atoms with E-state index in [1.54, 1.807) is 24.3 Å². The molecule has 0 saturated heterocycles. The van der Waals surface area contributed by atoms with Crippen molar-refractivity contribution in [3.05, 3.63) is 95.1 Å². The van der Waals surface area contributed by atoms with Crippen molar-refractivity contribution in [3.8, 4) is 0 Å². The van der Waals surface area contributed by atoms with Gasteiger partial charge in [0.2, 0.25) is 5.95 Å². The van der Waals surface area contributed by atoms with E-state index in [1.165, 1.54) is 12.4 Å². The fraction of sp³-hybridized carbons (Fsp3) is 0.143. The highest BCUT2D eigenvalue weighted by atomic mass is 16.1. The van der Waals surface area contributed by atoms with Crippen LogP contribution in [-0.4, -0.2) is 15.8 Å². The van der Waals surface area contributed by atoms with Crippen LogP contribution in [0.25, 0.3) is 4.85 Å². The SMILES string of the molecule is [C-]#[N+]c1cccc(C(=O)c2cnc(NC(C)(C)c3ccccc3)nc2)c1. The highest BCUT2D eigenvalue weighted by Gasteiger charge is 2.21. The Morgan fingerprint density at radius 3 is 2.35 bits per heavy atom. The number of hydrogen-bond acceptors (Lipinski definition) is 4. The van der Waals surface area contributed by atoms with Gasteiger partial charge in [0.05, 0.1) is 17.7 Å². The normalized spacial score (nSPS) is 10.8. The molecule has 0 amide bonds. The van der Waals surface area contributed by atoms with Crippen LogP contribution in [-0.2, 0) is 5.54 Å². The topological polar surface area (TPSA) is 59.2 Å². The molecule has 0 bridgehead atoms. The summed E-state index contributed by atoms with van der Waals surface area (Å²) in [5.41, 5.74) is 2.03. The van der Waals surface area contributed by atoms with Gasteiger partial charge in [-0.2, -0.15) is 0 Å². The van der Waals surface area contributed by atoms with E-state index in [9.17, 15) is 4.79 Å². The zero-order valence-electron chi connectivity index (χ0n) is 14.6. The van der Waals surface area contributed by atoms with Gasteiger partial charge in [-0.3, -0.25) is 4.79 Å². The molecule has 5 nitrogen and oxygen atoms in total. The van der Waals surface area contributed by atoms with Gasteiger partial charge in [-0.25, -0.2) is 14.8 Å². The smallest absolute Gasteiger partial charge is 0.223 e. The second-order valence-corrected chi connectivity index (χ2v) is 6.40. The van der Waals surface area contributed by atoms with Crippen LogP contribution < -0.4 is 5.32 Å². The minimum absolute atomic E-state index is 0.204. The van der Waals surface area contributed by atoms with E-state index in [0.717, 1.165) is 5.56 Å². The van der Waals surface area contributed by atoms with Crippen LogP contribution >= 0.6 is 0 Å². The number of carbonyl (C=O) groups excluding carboxylic acids is 1. The Labute approximate surface area is 152 Å². The van der Waals surface area contributed by atoms with Gasteiger partial charge in [-0.1, -0.05) is 48.5 Å². The van der Waals surface area contributed by atoms with Crippen LogP contribution in [0.4, 0.5) is 11.6 Å². The summed E-state index contributed by atoms with van der Waals surface area (Å²) in [6.07, 6.45) is 3.01. The van der Waals surface area contributed by atoms with Crippen LogP contribution in [0.1, 0.15) is 35.3 Å². The van der Waals surface area contributed by atoms with Gasteiger partial charge in [-0.05, 0) is 25.5 Å². The van der Waals surface area contributed by atoms with Gasteiger partial charge < -0.3 is 5.32 Å². The molecular formula is C21H18N4O. The van der Waals surface area contributed by atoms with Crippen molar-refractivity contribution in [1.29, 1.82) is 0 Å². The molecule has 0 aliphatic heterocycles. The highest BCUT2D eigenvalue weighted by Crippen LogP contribution is 2.24. The summed E-state index contributed by atoms with van der Waals surface area (Å²) in [4.78, 5) is 24.4. The highest BCUT2D eigenvalue weighted by molar-refractivity contribution is 6.09. The summed E-state index contributed by atoms with van der Waals surface area (Å²) in [5, 5.41) is 3.29. The minimum atomic E-state index is -0.350. The summed E-state index contributed by atoms with van der Waals surface area (Å²) in [7, 11) is 0. The third-order valence-corrected chi connectivity index (χ3v) is 4.07. The number of aromatic nitrogens is 2. The molecule has 3 aromatic rings. The molecule has 26 heavy (non-hydrogen) atoms. The summed E-state index contributed by atoms with van der Waals surface area (Å²) in [5.74, 6) is 0.245. The first-order valence-corrected chi connectivity index (χ1v) is 8.17. The monoisotopic (exact) mass is 342 g/mol. The zero-order chi connectivity index (χ0) is 18.6. The number of hydrogen-bond donors (Lipinski definition) is 1. The second kappa shape index (κ2) is 7.16. The average Bonchev–Trinajstić information content (AvgIpc) is 2.68. The van der Waals surface area contributed by atoms with E-state index < -0.39 is 0 Å². The largest absolute Gasteiger partial charge is 0.345 e.